The molecule has 1 rings (SSSR count). The molecule has 0 aliphatic rings. The van der Waals surface area contributed by atoms with Gasteiger partial charge in [-0.2, -0.15) is 0 Å². The minimum Gasteiger partial charge on any atom is -0.312 e. The van der Waals surface area contributed by atoms with E-state index in [9.17, 15) is 14.0 Å². The molecule has 1 unspecified atom stereocenters. The average Bonchev–Trinajstić information content (AvgIpc) is 2.39. The highest BCUT2D eigenvalue weighted by Crippen LogP contribution is 2.18. The van der Waals surface area contributed by atoms with Gasteiger partial charge in [0.25, 0.3) is 0 Å². The van der Waals surface area contributed by atoms with Crippen molar-refractivity contribution in [3.63, 3.8) is 0 Å². The number of rotatable bonds is 6. The maximum atomic E-state index is 12.9. The predicted octanol–water partition coefficient (Wildman–Crippen LogP) is 2.79. The summed E-state index contributed by atoms with van der Waals surface area (Å²) in [6.45, 7) is 4.13. The summed E-state index contributed by atoms with van der Waals surface area (Å²) in [7, 11) is 0. The van der Waals surface area contributed by atoms with Crippen LogP contribution in [0.25, 0.3) is 0 Å². The molecule has 98 valence electrons. The Hall–Kier alpha value is -1.71. The van der Waals surface area contributed by atoms with Crippen LogP contribution in [0.2, 0.25) is 0 Å². The van der Waals surface area contributed by atoms with E-state index in [1.807, 2.05) is 6.92 Å². The van der Waals surface area contributed by atoms with Gasteiger partial charge in [0.15, 0.2) is 0 Å². The average molecular weight is 251 g/mol. The molecule has 1 aromatic carbocycles. The van der Waals surface area contributed by atoms with Crippen LogP contribution in [-0.4, -0.2) is 18.7 Å². The van der Waals surface area contributed by atoms with Crippen molar-refractivity contribution >= 4 is 17.9 Å². The molecule has 0 bridgehead atoms. The highest BCUT2D eigenvalue weighted by atomic mass is 19.1. The summed E-state index contributed by atoms with van der Waals surface area (Å²) in [5.74, 6) is -1.26. The van der Waals surface area contributed by atoms with Crippen molar-refractivity contribution in [2.75, 3.05) is 11.4 Å². The maximum Gasteiger partial charge on any atom is 0.236 e. The van der Waals surface area contributed by atoms with E-state index in [1.54, 1.807) is 24.0 Å². The third kappa shape index (κ3) is 3.65. The molecular formula is C14H18FNO2. The van der Waals surface area contributed by atoms with Crippen molar-refractivity contribution in [3.8, 4) is 0 Å². The van der Waals surface area contributed by atoms with Crippen LogP contribution in [0.3, 0.4) is 0 Å². The monoisotopic (exact) mass is 251 g/mol. The Kier molecular flexibility index (Phi) is 5.49. The van der Waals surface area contributed by atoms with Crippen molar-refractivity contribution in [3.05, 3.63) is 30.1 Å². The summed E-state index contributed by atoms with van der Waals surface area (Å²) in [5.41, 5.74) is 0.628. The van der Waals surface area contributed by atoms with Gasteiger partial charge in [-0.3, -0.25) is 4.79 Å². The van der Waals surface area contributed by atoms with Gasteiger partial charge in [-0.25, -0.2) is 4.39 Å². The highest BCUT2D eigenvalue weighted by molar-refractivity contribution is 6.02. The molecule has 1 aromatic rings. The second-order valence-electron chi connectivity index (χ2n) is 4.24. The molecule has 0 heterocycles. The highest BCUT2D eigenvalue weighted by Gasteiger charge is 2.20. The third-order valence-corrected chi connectivity index (χ3v) is 2.73. The molecule has 0 N–H and O–H groups in total. The molecular weight excluding hydrogens is 233 g/mol. The Morgan fingerprint density at radius 1 is 1.39 bits per heavy atom. The summed E-state index contributed by atoms with van der Waals surface area (Å²) in [4.78, 5) is 24.3. The first-order valence-corrected chi connectivity index (χ1v) is 6.12. The minimum absolute atomic E-state index is 0.245. The first-order valence-electron chi connectivity index (χ1n) is 6.12. The van der Waals surface area contributed by atoms with Gasteiger partial charge in [0, 0.05) is 12.2 Å². The number of unbranched alkanes of at least 4 members (excludes halogenated alkanes) is 1. The minimum atomic E-state index is -0.674. The van der Waals surface area contributed by atoms with Gasteiger partial charge in [-0.05, 0) is 37.6 Å². The van der Waals surface area contributed by atoms with Crippen LogP contribution in [0.15, 0.2) is 24.3 Å². The standard InChI is InChI=1S/C14H18FNO2/c1-3-4-9-16(14(18)11(2)10-17)13-7-5-12(15)6-8-13/h5-8,10-11H,3-4,9H2,1-2H3. The zero-order chi connectivity index (χ0) is 13.5. The molecule has 0 radical (unpaired) electrons. The Morgan fingerprint density at radius 3 is 2.50 bits per heavy atom. The quantitative estimate of drug-likeness (QED) is 0.576. The number of carbonyl (C=O) groups is 2. The lowest BCUT2D eigenvalue weighted by Crippen LogP contribution is -2.36. The van der Waals surface area contributed by atoms with Crippen molar-refractivity contribution in [1.82, 2.24) is 0 Å². The molecule has 0 aliphatic carbocycles. The SMILES string of the molecule is CCCCN(C(=O)C(C)C=O)c1ccc(F)cc1. The van der Waals surface area contributed by atoms with Crippen LogP contribution >= 0.6 is 0 Å². The topological polar surface area (TPSA) is 37.4 Å². The van der Waals surface area contributed by atoms with E-state index in [0.29, 0.717) is 18.5 Å². The number of anilines is 1. The van der Waals surface area contributed by atoms with Crippen molar-refractivity contribution in [1.29, 1.82) is 0 Å². The van der Waals surface area contributed by atoms with E-state index in [4.69, 9.17) is 0 Å². The van der Waals surface area contributed by atoms with E-state index in [2.05, 4.69) is 0 Å². The molecule has 0 aliphatic heterocycles. The second kappa shape index (κ2) is 6.89. The summed E-state index contributed by atoms with van der Waals surface area (Å²) in [5, 5.41) is 0. The van der Waals surface area contributed by atoms with Crippen molar-refractivity contribution in [2.24, 2.45) is 5.92 Å². The summed E-state index contributed by atoms with van der Waals surface area (Å²) >= 11 is 0. The molecule has 18 heavy (non-hydrogen) atoms. The molecule has 0 fully saturated rings. The molecule has 0 saturated carbocycles. The van der Waals surface area contributed by atoms with E-state index in [1.165, 1.54) is 12.1 Å². The van der Waals surface area contributed by atoms with Crippen LogP contribution in [0.5, 0.6) is 0 Å². The molecule has 1 atom stereocenters. The number of aldehydes is 1. The lowest BCUT2D eigenvalue weighted by atomic mass is 10.1. The zero-order valence-electron chi connectivity index (χ0n) is 10.7. The Balaban J connectivity index is 2.93. The first-order chi connectivity index (χ1) is 8.60. The first kappa shape index (κ1) is 14.4. The van der Waals surface area contributed by atoms with Gasteiger partial charge >= 0.3 is 0 Å². The normalized spacial score (nSPS) is 11.9. The van der Waals surface area contributed by atoms with Gasteiger partial charge in [-0.15, -0.1) is 0 Å². The number of benzene rings is 1. The fourth-order valence-electron chi connectivity index (χ4n) is 1.61. The predicted molar refractivity (Wildman–Crippen MR) is 68.9 cm³/mol. The number of nitrogens with zero attached hydrogens (tertiary/aromatic N) is 1. The van der Waals surface area contributed by atoms with Crippen molar-refractivity contribution < 1.29 is 14.0 Å². The lowest BCUT2D eigenvalue weighted by molar-refractivity contribution is -0.126. The molecule has 4 heteroatoms. The molecule has 0 saturated heterocycles. The summed E-state index contributed by atoms with van der Waals surface area (Å²) in [6.07, 6.45) is 2.42. The fourth-order valence-corrected chi connectivity index (χ4v) is 1.61. The molecule has 0 aromatic heterocycles. The largest absolute Gasteiger partial charge is 0.312 e. The van der Waals surface area contributed by atoms with Gasteiger partial charge in [0.1, 0.15) is 12.1 Å². The van der Waals surface area contributed by atoms with Crippen LogP contribution in [-0.2, 0) is 9.59 Å². The van der Waals surface area contributed by atoms with Crippen LogP contribution in [0.1, 0.15) is 26.7 Å². The second-order valence-corrected chi connectivity index (χ2v) is 4.24. The number of amides is 1. The third-order valence-electron chi connectivity index (χ3n) is 2.73. The van der Waals surface area contributed by atoms with Crippen LogP contribution in [0.4, 0.5) is 10.1 Å². The van der Waals surface area contributed by atoms with E-state index in [0.717, 1.165) is 12.8 Å². The van der Waals surface area contributed by atoms with Crippen molar-refractivity contribution in [2.45, 2.75) is 26.7 Å². The van der Waals surface area contributed by atoms with Gasteiger partial charge in [-0.1, -0.05) is 13.3 Å². The van der Waals surface area contributed by atoms with E-state index in [-0.39, 0.29) is 11.7 Å². The number of carbonyl (C=O) groups excluding carboxylic acids is 2. The van der Waals surface area contributed by atoms with Gasteiger partial charge < -0.3 is 9.69 Å². The Morgan fingerprint density at radius 2 is 2.00 bits per heavy atom. The van der Waals surface area contributed by atoms with E-state index < -0.39 is 5.92 Å². The van der Waals surface area contributed by atoms with Crippen LogP contribution in [0, 0.1) is 11.7 Å². The van der Waals surface area contributed by atoms with Crippen LogP contribution < -0.4 is 4.90 Å². The number of halogens is 1. The maximum absolute atomic E-state index is 12.9. The summed E-state index contributed by atoms with van der Waals surface area (Å²) in [6, 6.07) is 5.74. The van der Waals surface area contributed by atoms with E-state index >= 15 is 0 Å². The summed E-state index contributed by atoms with van der Waals surface area (Å²) < 4.78 is 12.9. The molecule has 1 amide bonds. The Labute approximate surface area is 107 Å². The zero-order valence-corrected chi connectivity index (χ0v) is 10.7. The Bertz CT molecular complexity index is 403. The molecule has 3 nitrogen and oxygen atoms in total. The number of hydrogen-bond acceptors (Lipinski definition) is 2. The van der Waals surface area contributed by atoms with Gasteiger partial charge in [0.2, 0.25) is 5.91 Å². The van der Waals surface area contributed by atoms with Gasteiger partial charge in [0.05, 0.1) is 5.92 Å². The number of hydrogen-bond donors (Lipinski definition) is 0. The molecule has 0 spiro atoms. The lowest BCUT2D eigenvalue weighted by Gasteiger charge is -2.24. The fraction of sp³-hybridized carbons (Fsp3) is 0.429. The smallest absolute Gasteiger partial charge is 0.236 e.